The molecule has 59 heavy (non-hydrogen) atoms. The van der Waals surface area contributed by atoms with Crippen molar-refractivity contribution in [3.05, 3.63) is 85.1 Å². The van der Waals surface area contributed by atoms with Crippen molar-refractivity contribution in [2.24, 2.45) is 0 Å². The molecule has 1 amide bonds. The van der Waals surface area contributed by atoms with Crippen LogP contribution in [0.2, 0.25) is 0 Å². The van der Waals surface area contributed by atoms with E-state index in [4.69, 9.17) is 4.74 Å². The average molecular weight is 822 g/mol. The standard InChI is InChI=1S/C53H91NO5/c1-4-7-10-13-16-19-21-23-25-26-28-30-32-34-37-40-43-46-53(58)59-49(44-41-38-35-18-15-12-9-6-3)47-52(57)54-50(48-55)51(56)45-42-39-36-33-31-29-27-24-22-20-17-14-11-8-5-2/h7,10,12-13,15-16,19,21,23,25-26,28,30,32,49-51,55-56H,4-6,8-9,11,14,17-18,20,22,24,27,29,31,33-48H2,1-3H3,(H,54,57)/b10-7-,15-12-,16-13+,21-19+,25-23-,28-26+,32-30+. The normalized spacial score (nSPS) is 14.1. The summed E-state index contributed by atoms with van der Waals surface area (Å²) in [6, 6.07) is -0.718. The first-order chi connectivity index (χ1) is 29.0. The summed E-state index contributed by atoms with van der Waals surface area (Å²) in [6.07, 6.45) is 59.3. The predicted molar refractivity (Wildman–Crippen MR) is 254 cm³/mol. The Morgan fingerprint density at radius 1 is 0.508 bits per heavy atom. The highest BCUT2D eigenvalue weighted by Crippen LogP contribution is 2.17. The van der Waals surface area contributed by atoms with E-state index < -0.39 is 18.2 Å². The summed E-state index contributed by atoms with van der Waals surface area (Å²) in [7, 11) is 0. The lowest BCUT2D eigenvalue weighted by Gasteiger charge is -2.24. The molecule has 0 aliphatic rings. The number of carbonyl (C=O) groups is 2. The maximum absolute atomic E-state index is 13.1. The highest BCUT2D eigenvalue weighted by atomic mass is 16.5. The number of ether oxygens (including phenoxy) is 1. The molecule has 0 saturated carbocycles. The Labute approximate surface area is 363 Å². The number of amides is 1. The molecule has 0 spiro atoms. The summed E-state index contributed by atoms with van der Waals surface area (Å²) in [5.74, 6) is -0.551. The highest BCUT2D eigenvalue weighted by Gasteiger charge is 2.24. The Morgan fingerprint density at radius 3 is 1.51 bits per heavy atom. The molecule has 0 aromatic heterocycles. The van der Waals surface area contributed by atoms with Crippen LogP contribution in [0.15, 0.2) is 85.1 Å². The predicted octanol–water partition coefficient (Wildman–Crippen LogP) is 14.4. The second-order valence-electron chi connectivity index (χ2n) is 16.3. The van der Waals surface area contributed by atoms with Crippen molar-refractivity contribution in [3.8, 4) is 0 Å². The molecule has 0 aliphatic carbocycles. The first-order valence-electron chi connectivity index (χ1n) is 24.4. The number of rotatable bonds is 42. The van der Waals surface area contributed by atoms with Gasteiger partial charge in [0.1, 0.15) is 6.10 Å². The third-order valence-corrected chi connectivity index (χ3v) is 10.6. The van der Waals surface area contributed by atoms with E-state index in [1.54, 1.807) is 0 Å². The summed E-state index contributed by atoms with van der Waals surface area (Å²) >= 11 is 0. The molecule has 0 radical (unpaired) electrons. The Morgan fingerprint density at radius 2 is 0.966 bits per heavy atom. The van der Waals surface area contributed by atoms with Crippen LogP contribution in [0.1, 0.15) is 213 Å². The molecular formula is C53H91NO5. The molecular weight excluding hydrogens is 731 g/mol. The number of hydrogen-bond donors (Lipinski definition) is 3. The lowest BCUT2D eigenvalue weighted by molar-refractivity contribution is -0.151. The van der Waals surface area contributed by atoms with Gasteiger partial charge in [-0.05, 0) is 64.2 Å². The third-order valence-electron chi connectivity index (χ3n) is 10.6. The molecule has 3 N–H and O–H groups in total. The minimum atomic E-state index is -0.802. The van der Waals surface area contributed by atoms with Gasteiger partial charge in [0.15, 0.2) is 0 Å². The summed E-state index contributed by atoms with van der Waals surface area (Å²) in [5.41, 5.74) is 0. The van der Waals surface area contributed by atoms with Crippen molar-refractivity contribution in [2.75, 3.05) is 6.61 Å². The topological polar surface area (TPSA) is 95.9 Å². The van der Waals surface area contributed by atoms with Gasteiger partial charge in [-0.1, -0.05) is 221 Å². The number of hydrogen-bond acceptors (Lipinski definition) is 5. The quantitative estimate of drug-likeness (QED) is 0.0247. The lowest BCUT2D eigenvalue weighted by Crippen LogP contribution is -2.46. The Bertz CT molecular complexity index is 1150. The fraction of sp³-hybridized carbons (Fsp3) is 0.698. The van der Waals surface area contributed by atoms with E-state index in [0.717, 1.165) is 89.9 Å². The van der Waals surface area contributed by atoms with E-state index in [-0.39, 0.29) is 24.9 Å². The molecule has 0 fully saturated rings. The van der Waals surface area contributed by atoms with E-state index in [1.807, 2.05) is 54.7 Å². The molecule has 0 bridgehead atoms. The molecule has 0 rings (SSSR count). The number of aliphatic hydroxyl groups excluding tert-OH is 2. The van der Waals surface area contributed by atoms with E-state index in [0.29, 0.717) is 19.3 Å². The van der Waals surface area contributed by atoms with Crippen molar-refractivity contribution in [2.45, 2.75) is 232 Å². The summed E-state index contributed by atoms with van der Waals surface area (Å²) in [5, 5.41) is 23.7. The number of allylic oxidation sites excluding steroid dienone is 14. The van der Waals surface area contributed by atoms with Crippen LogP contribution in [-0.2, 0) is 14.3 Å². The van der Waals surface area contributed by atoms with Gasteiger partial charge in [0.05, 0.1) is 25.2 Å². The van der Waals surface area contributed by atoms with Gasteiger partial charge in [0.2, 0.25) is 5.91 Å². The van der Waals surface area contributed by atoms with Gasteiger partial charge < -0.3 is 20.3 Å². The van der Waals surface area contributed by atoms with Gasteiger partial charge in [-0.3, -0.25) is 9.59 Å². The van der Waals surface area contributed by atoms with Crippen molar-refractivity contribution in [3.63, 3.8) is 0 Å². The smallest absolute Gasteiger partial charge is 0.306 e. The molecule has 0 aliphatic heterocycles. The van der Waals surface area contributed by atoms with Gasteiger partial charge in [-0.15, -0.1) is 0 Å². The second kappa shape index (κ2) is 46.1. The fourth-order valence-electron chi connectivity index (χ4n) is 6.93. The van der Waals surface area contributed by atoms with Crippen LogP contribution >= 0.6 is 0 Å². The van der Waals surface area contributed by atoms with Crippen molar-refractivity contribution in [1.82, 2.24) is 5.32 Å². The molecule has 0 saturated heterocycles. The van der Waals surface area contributed by atoms with Crippen LogP contribution in [-0.4, -0.2) is 46.9 Å². The van der Waals surface area contributed by atoms with Crippen LogP contribution in [0.4, 0.5) is 0 Å². The van der Waals surface area contributed by atoms with Crippen LogP contribution in [0.3, 0.4) is 0 Å². The summed E-state index contributed by atoms with van der Waals surface area (Å²) < 4.78 is 5.87. The zero-order valence-corrected chi connectivity index (χ0v) is 38.4. The Kier molecular flexibility index (Phi) is 43.8. The zero-order chi connectivity index (χ0) is 43.1. The highest BCUT2D eigenvalue weighted by molar-refractivity contribution is 5.77. The summed E-state index contributed by atoms with van der Waals surface area (Å²) in [4.78, 5) is 26.0. The first-order valence-corrected chi connectivity index (χ1v) is 24.4. The average Bonchev–Trinajstić information content (AvgIpc) is 3.23. The van der Waals surface area contributed by atoms with Crippen LogP contribution in [0.5, 0.6) is 0 Å². The van der Waals surface area contributed by atoms with Crippen LogP contribution in [0.25, 0.3) is 0 Å². The minimum absolute atomic E-state index is 0.0435. The molecule has 6 nitrogen and oxygen atoms in total. The van der Waals surface area contributed by atoms with E-state index in [9.17, 15) is 19.8 Å². The molecule has 6 heteroatoms. The second-order valence-corrected chi connectivity index (χ2v) is 16.3. The van der Waals surface area contributed by atoms with Crippen molar-refractivity contribution >= 4 is 11.9 Å². The number of carbonyl (C=O) groups excluding carboxylic acids is 2. The summed E-state index contributed by atoms with van der Waals surface area (Å²) in [6.45, 7) is 6.24. The third kappa shape index (κ3) is 41.6. The van der Waals surface area contributed by atoms with Crippen LogP contribution < -0.4 is 5.32 Å². The Balaban J connectivity index is 4.54. The van der Waals surface area contributed by atoms with Crippen molar-refractivity contribution in [1.29, 1.82) is 0 Å². The van der Waals surface area contributed by atoms with Crippen molar-refractivity contribution < 1.29 is 24.5 Å². The maximum atomic E-state index is 13.1. The van der Waals surface area contributed by atoms with Crippen LogP contribution in [0, 0.1) is 0 Å². The molecule has 0 heterocycles. The number of esters is 1. The Hall–Kier alpha value is -2.96. The zero-order valence-electron chi connectivity index (χ0n) is 38.4. The van der Waals surface area contributed by atoms with Gasteiger partial charge in [0.25, 0.3) is 0 Å². The van der Waals surface area contributed by atoms with Gasteiger partial charge >= 0.3 is 5.97 Å². The van der Waals surface area contributed by atoms with E-state index in [1.165, 1.54) is 77.0 Å². The monoisotopic (exact) mass is 822 g/mol. The maximum Gasteiger partial charge on any atom is 0.306 e. The van der Waals surface area contributed by atoms with E-state index >= 15 is 0 Å². The molecule has 3 unspecified atom stereocenters. The SMILES string of the molecule is CC\C=C/C=C/C=C/C=C\C=C\C=C\CCCCCC(=O)OC(CCCCC/C=C\CCC)CC(=O)NC(CO)C(O)CCCCCCCCCCCCCCCCC. The molecule has 3 atom stereocenters. The molecule has 0 aromatic carbocycles. The van der Waals surface area contributed by atoms with Gasteiger partial charge in [-0.2, -0.15) is 0 Å². The minimum Gasteiger partial charge on any atom is -0.462 e. The molecule has 0 aromatic rings. The number of aliphatic hydroxyl groups is 2. The first kappa shape index (κ1) is 56.0. The van der Waals surface area contributed by atoms with Gasteiger partial charge in [0, 0.05) is 6.42 Å². The molecule has 338 valence electrons. The lowest BCUT2D eigenvalue weighted by atomic mass is 10.0. The largest absolute Gasteiger partial charge is 0.462 e. The van der Waals surface area contributed by atoms with Gasteiger partial charge in [-0.25, -0.2) is 0 Å². The fourth-order valence-corrected chi connectivity index (χ4v) is 6.93. The number of unbranched alkanes of at least 4 members (excludes halogenated alkanes) is 21. The number of nitrogens with one attached hydrogen (secondary N) is 1. The van der Waals surface area contributed by atoms with E-state index in [2.05, 4.69) is 56.5 Å².